The molecule has 1 aromatic heterocycles. The number of aromatic nitrogens is 1. The summed E-state index contributed by atoms with van der Waals surface area (Å²) in [5.74, 6) is 0.896. The Hall–Kier alpha value is -3.65. The van der Waals surface area contributed by atoms with Crippen molar-refractivity contribution in [2.75, 3.05) is 20.3 Å². The Morgan fingerprint density at radius 3 is 2.47 bits per heavy atom. The Labute approximate surface area is 201 Å². The van der Waals surface area contributed by atoms with Crippen LogP contribution in [0.25, 0.3) is 6.08 Å². The zero-order valence-corrected chi connectivity index (χ0v) is 20.3. The molecule has 0 N–H and O–H groups in total. The van der Waals surface area contributed by atoms with Crippen molar-refractivity contribution >= 4 is 23.4 Å². The number of thiazole rings is 1. The zero-order valence-electron chi connectivity index (χ0n) is 19.5. The van der Waals surface area contributed by atoms with Crippen molar-refractivity contribution in [1.29, 1.82) is 0 Å². The van der Waals surface area contributed by atoms with Crippen LogP contribution in [0.4, 0.5) is 0 Å². The fraction of sp³-hybridized carbons (Fsp3) is 0.269. The summed E-state index contributed by atoms with van der Waals surface area (Å²) in [4.78, 5) is 31.5. The normalized spacial score (nSPS) is 15.5. The van der Waals surface area contributed by atoms with Crippen LogP contribution in [0.2, 0.25) is 0 Å². The predicted octanol–water partition coefficient (Wildman–Crippen LogP) is 3.21. The van der Waals surface area contributed by atoms with Gasteiger partial charge in [-0.15, -0.1) is 0 Å². The molecule has 1 aliphatic rings. The summed E-state index contributed by atoms with van der Waals surface area (Å²) in [5.41, 5.74) is 2.19. The van der Waals surface area contributed by atoms with Crippen LogP contribution in [0, 0.1) is 0 Å². The molecule has 3 aromatic rings. The van der Waals surface area contributed by atoms with E-state index in [0.717, 1.165) is 11.1 Å². The van der Waals surface area contributed by atoms with Crippen LogP contribution < -0.4 is 24.4 Å². The molecule has 1 atom stereocenters. The monoisotopic (exact) mass is 478 g/mol. The van der Waals surface area contributed by atoms with E-state index in [1.165, 1.54) is 18.4 Å². The van der Waals surface area contributed by atoms with Gasteiger partial charge in [-0.2, -0.15) is 0 Å². The second-order valence-electron chi connectivity index (χ2n) is 7.55. The van der Waals surface area contributed by atoms with Gasteiger partial charge in [0, 0.05) is 5.56 Å². The number of para-hydroxylation sites is 1. The molecule has 2 heterocycles. The number of rotatable bonds is 7. The van der Waals surface area contributed by atoms with Gasteiger partial charge in [-0.25, -0.2) is 9.79 Å². The predicted molar refractivity (Wildman–Crippen MR) is 131 cm³/mol. The third-order valence-electron chi connectivity index (χ3n) is 5.44. The van der Waals surface area contributed by atoms with E-state index in [0.29, 0.717) is 45.3 Å². The van der Waals surface area contributed by atoms with Gasteiger partial charge in [0.2, 0.25) is 0 Å². The fourth-order valence-electron chi connectivity index (χ4n) is 3.95. The first-order valence-corrected chi connectivity index (χ1v) is 11.9. The van der Waals surface area contributed by atoms with Gasteiger partial charge in [-0.1, -0.05) is 41.7 Å². The molecule has 7 nitrogen and oxygen atoms in total. The Morgan fingerprint density at radius 1 is 1.09 bits per heavy atom. The summed E-state index contributed by atoms with van der Waals surface area (Å²) in [6, 6.07) is 14.3. The van der Waals surface area contributed by atoms with E-state index in [-0.39, 0.29) is 5.56 Å². The lowest BCUT2D eigenvalue weighted by Gasteiger charge is -2.24. The van der Waals surface area contributed by atoms with E-state index in [1.807, 2.05) is 62.4 Å². The number of fused-ring (bicyclic) bond motifs is 1. The van der Waals surface area contributed by atoms with E-state index >= 15 is 0 Å². The number of carbonyl (C=O) groups excluding carboxylic acids is 1. The zero-order chi connectivity index (χ0) is 24.2. The molecule has 0 spiro atoms. The third kappa shape index (κ3) is 4.41. The largest absolute Gasteiger partial charge is 0.494 e. The molecule has 34 heavy (non-hydrogen) atoms. The van der Waals surface area contributed by atoms with Crippen LogP contribution in [-0.2, 0) is 9.53 Å². The smallest absolute Gasteiger partial charge is 0.338 e. The molecule has 1 aliphatic heterocycles. The number of hydrogen-bond acceptors (Lipinski definition) is 7. The van der Waals surface area contributed by atoms with E-state index in [9.17, 15) is 9.59 Å². The maximum atomic E-state index is 13.6. The maximum absolute atomic E-state index is 13.6. The van der Waals surface area contributed by atoms with Crippen molar-refractivity contribution in [3.8, 4) is 11.5 Å². The summed E-state index contributed by atoms with van der Waals surface area (Å²) in [6.45, 7) is 6.65. The highest BCUT2D eigenvalue weighted by Crippen LogP contribution is 2.31. The maximum Gasteiger partial charge on any atom is 0.338 e. The van der Waals surface area contributed by atoms with Gasteiger partial charge in [0.1, 0.15) is 11.5 Å². The van der Waals surface area contributed by atoms with Crippen molar-refractivity contribution in [3.63, 3.8) is 0 Å². The number of nitrogens with zero attached hydrogens (tertiary/aromatic N) is 2. The van der Waals surface area contributed by atoms with Crippen LogP contribution in [0.1, 0.15) is 37.9 Å². The second-order valence-corrected chi connectivity index (χ2v) is 8.56. The van der Waals surface area contributed by atoms with Crippen LogP contribution in [0.3, 0.4) is 0 Å². The average Bonchev–Trinajstić information content (AvgIpc) is 3.14. The number of esters is 1. The number of ether oxygens (including phenoxy) is 3. The van der Waals surface area contributed by atoms with E-state index in [4.69, 9.17) is 14.2 Å². The summed E-state index contributed by atoms with van der Waals surface area (Å²) in [7, 11) is 1.33. The first-order chi connectivity index (χ1) is 16.5. The lowest BCUT2D eigenvalue weighted by atomic mass is 9.96. The Kier molecular flexibility index (Phi) is 6.98. The molecule has 0 saturated carbocycles. The minimum absolute atomic E-state index is 0.233. The SMILES string of the molecule is CCOc1ccc([C@H]2C(C(=O)OC)=C(C)N=c3s/c(=C/c4ccccc4OCC)c(=O)n32)cc1. The summed E-state index contributed by atoms with van der Waals surface area (Å²) < 4.78 is 18.4. The molecule has 2 aromatic carbocycles. The highest BCUT2D eigenvalue weighted by Gasteiger charge is 2.33. The fourth-order valence-corrected chi connectivity index (χ4v) is 4.99. The quantitative estimate of drug-likeness (QED) is 0.488. The van der Waals surface area contributed by atoms with Gasteiger partial charge in [0.25, 0.3) is 5.56 Å². The molecular formula is C26H26N2O5S. The van der Waals surface area contributed by atoms with Gasteiger partial charge >= 0.3 is 5.97 Å². The van der Waals surface area contributed by atoms with Crippen molar-refractivity contribution < 1.29 is 19.0 Å². The van der Waals surface area contributed by atoms with Crippen molar-refractivity contribution in [1.82, 2.24) is 4.57 Å². The Morgan fingerprint density at radius 2 is 1.79 bits per heavy atom. The molecule has 176 valence electrons. The minimum atomic E-state index is -0.663. The number of hydrogen-bond donors (Lipinski definition) is 0. The Balaban J connectivity index is 1.92. The minimum Gasteiger partial charge on any atom is -0.494 e. The molecule has 0 amide bonds. The highest BCUT2D eigenvalue weighted by molar-refractivity contribution is 7.07. The van der Waals surface area contributed by atoms with Crippen LogP contribution in [-0.4, -0.2) is 30.9 Å². The van der Waals surface area contributed by atoms with Gasteiger partial charge in [-0.05, 0) is 50.6 Å². The van der Waals surface area contributed by atoms with E-state index in [2.05, 4.69) is 4.99 Å². The standard InChI is InChI=1S/C26H26N2O5S/c1-5-32-19-13-11-17(12-14-19)23-22(25(30)31-4)16(3)27-26-28(23)24(29)21(34-26)15-18-9-7-8-10-20(18)33-6-2/h7-15,23H,5-6H2,1-4H3/b21-15+/t23-/m0/s1. The van der Waals surface area contributed by atoms with Crippen molar-refractivity contribution in [2.45, 2.75) is 26.8 Å². The van der Waals surface area contributed by atoms with Gasteiger partial charge in [0.05, 0.1) is 42.2 Å². The highest BCUT2D eigenvalue weighted by atomic mass is 32.1. The van der Waals surface area contributed by atoms with Crippen molar-refractivity contribution in [3.05, 3.63) is 90.6 Å². The summed E-state index contributed by atoms with van der Waals surface area (Å²) in [5, 5.41) is 0. The van der Waals surface area contributed by atoms with Gasteiger partial charge in [-0.3, -0.25) is 9.36 Å². The lowest BCUT2D eigenvalue weighted by molar-refractivity contribution is -0.136. The molecule has 4 rings (SSSR count). The number of methoxy groups -OCH3 is 1. The third-order valence-corrected chi connectivity index (χ3v) is 6.42. The van der Waals surface area contributed by atoms with Crippen LogP contribution in [0.15, 0.2) is 69.6 Å². The molecule has 8 heteroatoms. The molecule has 0 unspecified atom stereocenters. The van der Waals surface area contributed by atoms with E-state index < -0.39 is 12.0 Å². The molecular weight excluding hydrogens is 452 g/mol. The first kappa shape index (κ1) is 23.5. The molecule has 0 radical (unpaired) electrons. The van der Waals surface area contributed by atoms with Gasteiger partial charge < -0.3 is 14.2 Å². The number of allylic oxidation sites excluding steroid dienone is 1. The lowest BCUT2D eigenvalue weighted by Crippen LogP contribution is -2.39. The molecule has 0 aliphatic carbocycles. The Bertz CT molecular complexity index is 1420. The van der Waals surface area contributed by atoms with Crippen molar-refractivity contribution in [2.24, 2.45) is 4.99 Å². The summed E-state index contributed by atoms with van der Waals surface area (Å²) in [6.07, 6.45) is 1.81. The first-order valence-electron chi connectivity index (χ1n) is 11.0. The van der Waals surface area contributed by atoms with E-state index in [1.54, 1.807) is 17.6 Å². The molecule has 0 saturated heterocycles. The topological polar surface area (TPSA) is 79.1 Å². The summed E-state index contributed by atoms with van der Waals surface area (Å²) >= 11 is 1.28. The second kappa shape index (κ2) is 10.1. The number of benzene rings is 2. The molecule has 0 bridgehead atoms. The van der Waals surface area contributed by atoms with Crippen LogP contribution >= 0.6 is 11.3 Å². The molecule has 0 fully saturated rings. The number of carbonyl (C=O) groups is 1. The van der Waals surface area contributed by atoms with Crippen LogP contribution in [0.5, 0.6) is 11.5 Å². The average molecular weight is 479 g/mol. The van der Waals surface area contributed by atoms with Gasteiger partial charge in [0.15, 0.2) is 4.80 Å².